The van der Waals surface area contributed by atoms with Crippen molar-refractivity contribution < 1.29 is 4.79 Å². The maximum atomic E-state index is 12.7. The molecule has 1 N–H and O–H groups in total. The van der Waals surface area contributed by atoms with Crippen LogP contribution in [0.3, 0.4) is 0 Å². The molecule has 0 aliphatic rings. The van der Waals surface area contributed by atoms with Gasteiger partial charge in [0.2, 0.25) is 5.91 Å². The molecule has 0 aliphatic heterocycles. The molecule has 4 heteroatoms. The van der Waals surface area contributed by atoms with Crippen LogP contribution < -0.4 is 10.9 Å². The molecule has 1 unspecified atom stereocenters. The van der Waals surface area contributed by atoms with Gasteiger partial charge in [-0.2, -0.15) is 0 Å². The van der Waals surface area contributed by atoms with Crippen LogP contribution in [0.15, 0.2) is 53.3 Å². The van der Waals surface area contributed by atoms with Crippen LogP contribution in [-0.4, -0.2) is 10.5 Å². The number of nitrogens with one attached hydrogen (secondary N) is 1. The number of aryl methyl sites for hydroxylation is 3. The van der Waals surface area contributed by atoms with E-state index >= 15 is 0 Å². The van der Waals surface area contributed by atoms with Crippen molar-refractivity contribution in [3.05, 3.63) is 81.1 Å². The lowest BCUT2D eigenvalue weighted by Gasteiger charge is -2.20. The van der Waals surface area contributed by atoms with E-state index in [4.69, 9.17) is 0 Å². The zero-order valence-corrected chi connectivity index (χ0v) is 15.7. The third-order valence-corrected chi connectivity index (χ3v) is 4.76. The largest absolute Gasteiger partial charge is 0.350 e. The summed E-state index contributed by atoms with van der Waals surface area (Å²) in [6.07, 6.45) is 0. The summed E-state index contributed by atoms with van der Waals surface area (Å²) in [6.45, 7) is 8.18. The van der Waals surface area contributed by atoms with E-state index in [1.165, 1.54) is 0 Å². The first-order chi connectivity index (χ1) is 12.4. The minimum absolute atomic E-state index is 0.149. The van der Waals surface area contributed by atoms with Gasteiger partial charge in [0.15, 0.2) is 0 Å². The average molecular weight is 348 g/mol. The number of rotatable bonds is 4. The van der Waals surface area contributed by atoms with E-state index in [-0.39, 0.29) is 11.5 Å². The fourth-order valence-electron chi connectivity index (χ4n) is 3.46. The quantitative estimate of drug-likeness (QED) is 0.779. The van der Waals surface area contributed by atoms with E-state index in [1.54, 1.807) is 17.6 Å². The lowest BCUT2D eigenvalue weighted by Crippen LogP contribution is -2.36. The van der Waals surface area contributed by atoms with Crippen LogP contribution in [0.5, 0.6) is 0 Å². The minimum Gasteiger partial charge on any atom is -0.350 e. The fourth-order valence-corrected chi connectivity index (χ4v) is 3.46. The molecule has 0 spiro atoms. The molecule has 1 heterocycles. The molecule has 2 aromatic carbocycles. The molecular formula is C22H24N2O2. The van der Waals surface area contributed by atoms with E-state index in [2.05, 4.69) is 11.4 Å². The van der Waals surface area contributed by atoms with Crippen LogP contribution in [-0.2, 0) is 11.3 Å². The van der Waals surface area contributed by atoms with Gasteiger partial charge in [-0.25, -0.2) is 0 Å². The Morgan fingerprint density at radius 1 is 1.04 bits per heavy atom. The third kappa shape index (κ3) is 3.40. The standard InChI is InChI=1S/C22H24N2O2/c1-14-10-16(3)21-19(11-14)15(2)12-20(25)24(21)17(4)22(26)23-13-18-8-6-5-7-9-18/h5-12,17H,13H2,1-4H3,(H,23,26). The number of carbonyl (C=O) groups excluding carboxylic acids is 1. The highest BCUT2D eigenvalue weighted by Gasteiger charge is 2.20. The Morgan fingerprint density at radius 3 is 2.42 bits per heavy atom. The Labute approximate surface area is 153 Å². The second-order valence-corrected chi connectivity index (χ2v) is 6.89. The van der Waals surface area contributed by atoms with E-state index in [1.807, 2.05) is 57.2 Å². The molecule has 1 aromatic heterocycles. The van der Waals surface area contributed by atoms with Crippen LogP contribution in [0, 0.1) is 20.8 Å². The SMILES string of the molecule is Cc1cc(C)c2c(c1)c(C)cc(=O)n2C(C)C(=O)NCc1ccccc1. The summed E-state index contributed by atoms with van der Waals surface area (Å²) in [5.41, 5.74) is 4.80. The van der Waals surface area contributed by atoms with Crippen LogP contribution >= 0.6 is 0 Å². The zero-order chi connectivity index (χ0) is 18.8. The lowest BCUT2D eigenvalue weighted by molar-refractivity contribution is -0.124. The third-order valence-electron chi connectivity index (χ3n) is 4.76. The highest BCUT2D eigenvalue weighted by Crippen LogP contribution is 2.24. The van der Waals surface area contributed by atoms with Crippen molar-refractivity contribution in [3.8, 4) is 0 Å². The van der Waals surface area contributed by atoms with Gasteiger partial charge >= 0.3 is 0 Å². The van der Waals surface area contributed by atoms with Gasteiger partial charge in [0.25, 0.3) is 5.56 Å². The second kappa shape index (κ2) is 7.16. The van der Waals surface area contributed by atoms with Gasteiger partial charge in [0.05, 0.1) is 5.52 Å². The molecule has 0 saturated carbocycles. The minimum atomic E-state index is -0.587. The van der Waals surface area contributed by atoms with E-state index in [9.17, 15) is 9.59 Å². The number of benzene rings is 2. The van der Waals surface area contributed by atoms with Crippen molar-refractivity contribution in [2.75, 3.05) is 0 Å². The van der Waals surface area contributed by atoms with Crippen molar-refractivity contribution in [2.45, 2.75) is 40.3 Å². The fraction of sp³-hybridized carbons (Fsp3) is 0.273. The predicted molar refractivity (Wildman–Crippen MR) is 105 cm³/mol. The van der Waals surface area contributed by atoms with Gasteiger partial charge < -0.3 is 5.32 Å². The number of amides is 1. The monoisotopic (exact) mass is 348 g/mol. The van der Waals surface area contributed by atoms with Crippen LogP contribution in [0.25, 0.3) is 10.9 Å². The number of carbonyl (C=O) groups is 1. The molecule has 26 heavy (non-hydrogen) atoms. The summed E-state index contributed by atoms with van der Waals surface area (Å²) in [5.74, 6) is -0.166. The van der Waals surface area contributed by atoms with Gasteiger partial charge in [-0.1, -0.05) is 42.0 Å². The summed E-state index contributed by atoms with van der Waals surface area (Å²) in [6, 6.07) is 14.9. The summed E-state index contributed by atoms with van der Waals surface area (Å²) < 4.78 is 1.61. The smallest absolute Gasteiger partial charge is 0.252 e. The Bertz CT molecular complexity index is 1020. The number of pyridine rings is 1. The van der Waals surface area contributed by atoms with Crippen molar-refractivity contribution in [1.29, 1.82) is 0 Å². The molecule has 4 nitrogen and oxygen atoms in total. The summed E-state index contributed by atoms with van der Waals surface area (Å²) in [5, 5.41) is 3.95. The van der Waals surface area contributed by atoms with Crippen molar-refractivity contribution >= 4 is 16.8 Å². The predicted octanol–water partition coefficient (Wildman–Crippen LogP) is 3.80. The number of hydrogen-bond donors (Lipinski definition) is 1. The first-order valence-corrected chi connectivity index (χ1v) is 8.83. The van der Waals surface area contributed by atoms with Gasteiger partial charge in [0, 0.05) is 18.0 Å². The summed E-state index contributed by atoms with van der Waals surface area (Å²) in [7, 11) is 0. The van der Waals surface area contributed by atoms with Crippen molar-refractivity contribution in [1.82, 2.24) is 9.88 Å². The topological polar surface area (TPSA) is 51.1 Å². The molecule has 134 valence electrons. The Kier molecular flexibility index (Phi) is 4.94. The molecule has 0 bridgehead atoms. The van der Waals surface area contributed by atoms with E-state index in [0.29, 0.717) is 6.54 Å². The van der Waals surface area contributed by atoms with Crippen LogP contribution in [0.2, 0.25) is 0 Å². The molecule has 0 fully saturated rings. The number of fused-ring (bicyclic) bond motifs is 1. The van der Waals surface area contributed by atoms with Crippen molar-refractivity contribution in [2.24, 2.45) is 0 Å². The maximum absolute atomic E-state index is 12.7. The van der Waals surface area contributed by atoms with Gasteiger partial charge in [-0.05, 0) is 50.5 Å². The highest BCUT2D eigenvalue weighted by atomic mass is 16.2. The molecular weight excluding hydrogens is 324 g/mol. The lowest BCUT2D eigenvalue weighted by atomic mass is 10.0. The normalized spacial score (nSPS) is 12.2. The van der Waals surface area contributed by atoms with Gasteiger partial charge in [-0.15, -0.1) is 0 Å². The highest BCUT2D eigenvalue weighted by molar-refractivity contribution is 5.88. The number of nitrogens with zero attached hydrogens (tertiary/aromatic N) is 1. The Morgan fingerprint density at radius 2 is 1.73 bits per heavy atom. The number of hydrogen-bond acceptors (Lipinski definition) is 2. The van der Waals surface area contributed by atoms with Gasteiger partial charge in [0.1, 0.15) is 6.04 Å². The van der Waals surface area contributed by atoms with Crippen molar-refractivity contribution in [3.63, 3.8) is 0 Å². The first-order valence-electron chi connectivity index (χ1n) is 8.83. The second-order valence-electron chi connectivity index (χ2n) is 6.89. The van der Waals surface area contributed by atoms with E-state index in [0.717, 1.165) is 33.2 Å². The van der Waals surface area contributed by atoms with Crippen LogP contribution in [0.1, 0.15) is 35.2 Å². The summed E-state index contributed by atoms with van der Waals surface area (Å²) in [4.78, 5) is 25.4. The maximum Gasteiger partial charge on any atom is 0.252 e. The molecule has 0 saturated heterocycles. The first kappa shape index (κ1) is 17.9. The molecule has 3 rings (SSSR count). The average Bonchev–Trinajstić information content (AvgIpc) is 2.61. The molecule has 0 aliphatic carbocycles. The molecule has 3 aromatic rings. The molecule has 0 radical (unpaired) electrons. The Hall–Kier alpha value is -2.88. The summed E-state index contributed by atoms with van der Waals surface area (Å²) >= 11 is 0. The van der Waals surface area contributed by atoms with Crippen LogP contribution in [0.4, 0.5) is 0 Å². The van der Waals surface area contributed by atoms with E-state index < -0.39 is 6.04 Å². The molecule has 1 atom stereocenters. The Balaban J connectivity index is 1.99. The molecule has 1 amide bonds. The zero-order valence-electron chi connectivity index (χ0n) is 15.7. The number of aromatic nitrogens is 1. The van der Waals surface area contributed by atoms with Gasteiger partial charge in [-0.3, -0.25) is 14.2 Å².